The van der Waals surface area contributed by atoms with Gasteiger partial charge in [0.15, 0.2) is 0 Å². The Balaban J connectivity index is 0.000000321. The van der Waals surface area contributed by atoms with Crippen LogP contribution in [0.4, 0.5) is 0 Å². The van der Waals surface area contributed by atoms with Crippen molar-refractivity contribution in [2.75, 3.05) is 26.3 Å². The fourth-order valence-corrected chi connectivity index (χ4v) is 2.24. The van der Waals surface area contributed by atoms with Crippen LogP contribution >= 0.6 is 12.2 Å². The third-order valence-electron chi connectivity index (χ3n) is 3.63. The van der Waals surface area contributed by atoms with E-state index < -0.39 is 11.9 Å². The van der Waals surface area contributed by atoms with E-state index in [9.17, 15) is 14.8 Å². The number of aromatic amines is 1. The van der Waals surface area contributed by atoms with Crippen molar-refractivity contribution >= 4 is 24.2 Å². The van der Waals surface area contributed by atoms with Crippen molar-refractivity contribution < 1.29 is 24.3 Å². The standard InChI is InChI=1S/C12H23NO5.C7H6N4S/c1-3-5-7-17-11(14)9-13(16)10-12(15)18-8-6-4-2;12-7-8-9-10-11(7)6-4-2-1-3-5-6/h16H,3-10H2,1-2H3;1-5H,(H,8,10,12). The summed E-state index contributed by atoms with van der Waals surface area (Å²) in [5.74, 6) is -1.10. The zero-order valence-corrected chi connectivity index (χ0v) is 18.1. The zero-order chi connectivity index (χ0) is 22.2. The fourth-order valence-electron chi connectivity index (χ4n) is 2.05. The highest BCUT2D eigenvalue weighted by atomic mass is 32.1. The molecular formula is C19H29N5O5S. The van der Waals surface area contributed by atoms with Gasteiger partial charge in [-0.05, 0) is 37.2 Å². The molecule has 1 aromatic carbocycles. The van der Waals surface area contributed by atoms with Gasteiger partial charge in [0.1, 0.15) is 13.1 Å². The third-order valence-corrected chi connectivity index (χ3v) is 3.90. The molecule has 1 aromatic heterocycles. The number of hydrogen-bond donors (Lipinski definition) is 2. The number of benzene rings is 1. The number of H-pyrrole nitrogens is 1. The largest absolute Gasteiger partial charge is 0.465 e. The Hall–Kier alpha value is -2.63. The van der Waals surface area contributed by atoms with Gasteiger partial charge in [-0.2, -0.15) is 10.3 Å². The molecule has 2 rings (SSSR count). The minimum Gasteiger partial charge on any atom is -0.465 e. The number of ether oxygens (including phenoxy) is 2. The lowest BCUT2D eigenvalue weighted by Gasteiger charge is -2.13. The molecule has 11 heteroatoms. The molecule has 1 heterocycles. The lowest BCUT2D eigenvalue weighted by molar-refractivity contribution is -0.169. The number of rotatable bonds is 11. The molecule has 0 bridgehead atoms. The molecule has 166 valence electrons. The van der Waals surface area contributed by atoms with Crippen molar-refractivity contribution in [2.24, 2.45) is 0 Å². The van der Waals surface area contributed by atoms with Gasteiger partial charge in [0.25, 0.3) is 0 Å². The van der Waals surface area contributed by atoms with Crippen LogP contribution in [0.25, 0.3) is 5.69 Å². The maximum Gasteiger partial charge on any atom is 0.322 e. The molecule has 0 amide bonds. The number of esters is 2. The molecule has 0 saturated heterocycles. The lowest BCUT2D eigenvalue weighted by Crippen LogP contribution is -2.33. The summed E-state index contributed by atoms with van der Waals surface area (Å²) in [7, 11) is 0. The number of hydrogen-bond acceptors (Lipinski definition) is 9. The summed E-state index contributed by atoms with van der Waals surface area (Å²) < 4.78 is 11.7. The van der Waals surface area contributed by atoms with E-state index in [1.165, 1.54) is 0 Å². The van der Waals surface area contributed by atoms with Gasteiger partial charge in [-0.3, -0.25) is 9.59 Å². The van der Waals surface area contributed by atoms with Crippen molar-refractivity contribution in [1.82, 2.24) is 25.3 Å². The Labute approximate surface area is 180 Å². The Morgan fingerprint density at radius 3 is 2.03 bits per heavy atom. The Morgan fingerprint density at radius 2 is 1.60 bits per heavy atom. The zero-order valence-electron chi connectivity index (χ0n) is 17.3. The maximum atomic E-state index is 11.2. The number of para-hydroxylation sites is 1. The number of carbonyl (C=O) groups excluding carboxylic acids is 2. The highest BCUT2D eigenvalue weighted by molar-refractivity contribution is 7.71. The number of aromatic nitrogens is 4. The van der Waals surface area contributed by atoms with Crippen LogP contribution in [0.5, 0.6) is 0 Å². The molecule has 10 nitrogen and oxygen atoms in total. The van der Waals surface area contributed by atoms with Gasteiger partial charge in [0.05, 0.1) is 18.9 Å². The quantitative estimate of drug-likeness (QED) is 0.235. The first-order valence-electron chi connectivity index (χ1n) is 9.78. The highest BCUT2D eigenvalue weighted by Gasteiger charge is 2.14. The van der Waals surface area contributed by atoms with Gasteiger partial charge in [-0.1, -0.05) is 55.2 Å². The van der Waals surface area contributed by atoms with Gasteiger partial charge in [0.2, 0.25) is 4.77 Å². The molecule has 0 spiro atoms. The SMILES string of the molecule is CCCCOC(=O)CN(O)CC(=O)OCCCC.S=c1nn[nH]n1-c1ccccc1. The van der Waals surface area contributed by atoms with Crippen molar-refractivity contribution in [3.8, 4) is 5.69 Å². The summed E-state index contributed by atoms with van der Waals surface area (Å²) in [5.41, 5.74) is 0.938. The molecule has 0 unspecified atom stereocenters. The summed E-state index contributed by atoms with van der Waals surface area (Å²) in [4.78, 5) is 22.4. The summed E-state index contributed by atoms with van der Waals surface area (Å²) in [6.45, 7) is 3.99. The van der Waals surface area contributed by atoms with Gasteiger partial charge >= 0.3 is 11.9 Å². The van der Waals surface area contributed by atoms with E-state index in [-0.39, 0.29) is 13.1 Å². The van der Waals surface area contributed by atoms with Crippen LogP contribution in [0.2, 0.25) is 0 Å². The van der Waals surface area contributed by atoms with Crippen LogP contribution in [0.3, 0.4) is 0 Å². The summed E-state index contributed by atoms with van der Waals surface area (Å²) in [6.07, 6.45) is 3.44. The molecule has 0 aliphatic rings. The maximum absolute atomic E-state index is 11.2. The van der Waals surface area contributed by atoms with E-state index in [0.717, 1.165) is 31.4 Å². The molecule has 0 atom stereocenters. The first kappa shape index (κ1) is 25.4. The van der Waals surface area contributed by atoms with Crippen LogP contribution in [0.1, 0.15) is 39.5 Å². The molecule has 0 aliphatic heterocycles. The first-order chi connectivity index (χ1) is 14.5. The van der Waals surface area contributed by atoms with Crippen LogP contribution in [0.15, 0.2) is 30.3 Å². The second kappa shape index (κ2) is 15.2. The van der Waals surface area contributed by atoms with Gasteiger partial charge in [-0.15, -0.1) is 0 Å². The van der Waals surface area contributed by atoms with Crippen LogP contribution in [0, 0.1) is 4.77 Å². The van der Waals surface area contributed by atoms with Gasteiger partial charge in [0, 0.05) is 0 Å². The predicted octanol–water partition coefficient (Wildman–Crippen LogP) is 2.69. The second-order valence-corrected chi connectivity index (χ2v) is 6.59. The van der Waals surface area contributed by atoms with Gasteiger partial charge < -0.3 is 14.7 Å². The molecule has 2 N–H and O–H groups in total. The second-order valence-electron chi connectivity index (χ2n) is 6.22. The number of carbonyl (C=O) groups is 2. The monoisotopic (exact) mass is 439 g/mol. The normalized spacial score (nSPS) is 10.3. The lowest BCUT2D eigenvalue weighted by atomic mass is 10.3. The first-order valence-corrected chi connectivity index (χ1v) is 10.2. The van der Waals surface area contributed by atoms with Crippen molar-refractivity contribution in [2.45, 2.75) is 39.5 Å². The number of unbranched alkanes of at least 4 members (excludes halogenated alkanes) is 2. The number of nitrogens with zero attached hydrogens (tertiary/aromatic N) is 4. The van der Waals surface area contributed by atoms with Crippen LogP contribution < -0.4 is 0 Å². The Bertz CT molecular complexity index is 772. The molecule has 0 saturated carbocycles. The van der Waals surface area contributed by atoms with Gasteiger partial charge in [-0.25, -0.2) is 4.68 Å². The topological polar surface area (TPSA) is 123 Å². The van der Waals surface area contributed by atoms with E-state index in [0.29, 0.717) is 23.0 Å². The molecular weight excluding hydrogens is 410 g/mol. The minimum absolute atomic E-state index is 0.327. The predicted molar refractivity (Wildman–Crippen MR) is 112 cm³/mol. The minimum atomic E-state index is -0.549. The molecule has 2 aromatic rings. The van der Waals surface area contributed by atoms with Crippen molar-refractivity contribution in [3.05, 3.63) is 35.1 Å². The van der Waals surface area contributed by atoms with E-state index >= 15 is 0 Å². The van der Waals surface area contributed by atoms with Crippen LogP contribution in [-0.4, -0.2) is 68.7 Å². The summed E-state index contributed by atoms with van der Waals surface area (Å²) in [6, 6.07) is 9.65. The van der Waals surface area contributed by atoms with E-state index in [2.05, 4.69) is 15.5 Å². The van der Waals surface area contributed by atoms with E-state index in [1.54, 1.807) is 4.68 Å². The fraction of sp³-hybridized carbons (Fsp3) is 0.526. The van der Waals surface area contributed by atoms with E-state index in [4.69, 9.17) is 21.7 Å². The number of hydroxylamine groups is 2. The molecule has 0 radical (unpaired) electrons. The summed E-state index contributed by atoms with van der Waals surface area (Å²) >= 11 is 4.93. The van der Waals surface area contributed by atoms with Crippen molar-refractivity contribution in [3.63, 3.8) is 0 Å². The molecule has 0 fully saturated rings. The highest BCUT2D eigenvalue weighted by Crippen LogP contribution is 2.03. The molecule has 0 aliphatic carbocycles. The number of nitrogens with one attached hydrogen (secondary N) is 1. The van der Waals surface area contributed by atoms with Crippen LogP contribution in [-0.2, 0) is 19.1 Å². The van der Waals surface area contributed by atoms with Crippen molar-refractivity contribution in [1.29, 1.82) is 0 Å². The average Bonchev–Trinajstić information content (AvgIpc) is 3.15. The average molecular weight is 440 g/mol. The number of tetrazole rings is 1. The Kier molecular flexibility index (Phi) is 12.9. The molecule has 30 heavy (non-hydrogen) atoms. The summed E-state index contributed by atoms with van der Waals surface area (Å²) in [5, 5.41) is 19.9. The third kappa shape index (κ3) is 10.8. The Morgan fingerprint density at radius 1 is 1.07 bits per heavy atom. The van der Waals surface area contributed by atoms with E-state index in [1.807, 2.05) is 44.2 Å². The smallest absolute Gasteiger partial charge is 0.322 e.